The summed E-state index contributed by atoms with van der Waals surface area (Å²) in [6.07, 6.45) is 0.647. The van der Waals surface area contributed by atoms with Crippen LogP contribution in [-0.4, -0.2) is 56.5 Å². The molecular weight excluding hydrogens is 412 g/mol. The monoisotopic (exact) mass is 433 g/mol. The molecule has 8 nitrogen and oxygen atoms in total. The highest BCUT2D eigenvalue weighted by Crippen LogP contribution is 2.39. The number of anilines is 1. The van der Waals surface area contributed by atoms with Gasteiger partial charge in [0.05, 0.1) is 31.1 Å². The number of nitrogens with one attached hydrogen (secondary N) is 1. The van der Waals surface area contributed by atoms with Crippen molar-refractivity contribution >= 4 is 21.7 Å². The average Bonchev–Trinajstić information content (AvgIpc) is 3.06. The fourth-order valence-corrected chi connectivity index (χ4v) is 4.84. The summed E-state index contributed by atoms with van der Waals surface area (Å²) in [5.41, 5.74) is -0.657. The molecule has 2 N–H and O–H groups in total. The molecule has 1 aromatic carbocycles. The number of hydrogen-bond donors (Lipinski definition) is 2. The van der Waals surface area contributed by atoms with Crippen LogP contribution in [-0.2, 0) is 29.0 Å². The molecule has 1 heterocycles. The second-order valence-electron chi connectivity index (χ2n) is 6.66. The molecule has 160 valence electrons. The number of hydrogen-bond acceptors (Lipinski definition) is 7. The quantitative estimate of drug-likeness (QED) is 0.654. The number of ether oxygens (including phenoxy) is 3. The van der Waals surface area contributed by atoms with Gasteiger partial charge in [-0.15, -0.1) is 0 Å². The molecule has 0 amide bonds. The van der Waals surface area contributed by atoms with E-state index in [-0.39, 0.29) is 38.2 Å². The van der Waals surface area contributed by atoms with Crippen molar-refractivity contribution < 1.29 is 41.3 Å². The first-order valence-corrected chi connectivity index (χ1v) is 10.5. The molecule has 1 saturated heterocycles. The third-order valence-electron chi connectivity index (χ3n) is 4.63. The van der Waals surface area contributed by atoms with Crippen molar-refractivity contribution in [2.45, 2.75) is 36.9 Å². The summed E-state index contributed by atoms with van der Waals surface area (Å²) in [4.78, 5) is 12.4. The Morgan fingerprint density at radius 3 is 2.79 bits per heavy atom. The molecule has 3 rings (SSSR count). The highest BCUT2D eigenvalue weighted by molar-refractivity contribution is 7.93. The molecule has 1 aromatic rings. The Morgan fingerprint density at radius 1 is 1.41 bits per heavy atom. The zero-order valence-corrected chi connectivity index (χ0v) is 16.4. The second kappa shape index (κ2) is 8.34. The SMILES string of the molecule is CCOC(=O)C1=CC2(CCC1S(=O)(=O)Nc1ccc(F)cc1F)OCC(CO)O2. The predicted molar refractivity (Wildman–Crippen MR) is 97.3 cm³/mol. The molecule has 11 heteroatoms. The van der Waals surface area contributed by atoms with Gasteiger partial charge >= 0.3 is 5.97 Å². The van der Waals surface area contributed by atoms with Crippen molar-refractivity contribution in [2.75, 3.05) is 24.5 Å². The third kappa shape index (κ3) is 4.58. The van der Waals surface area contributed by atoms with Crippen LogP contribution in [0, 0.1) is 11.6 Å². The number of halogens is 2. The molecular formula is C18H21F2NO7S. The Bertz CT molecular complexity index is 921. The molecule has 1 fully saturated rings. The summed E-state index contributed by atoms with van der Waals surface area (Å²) in [5, 5.41) is 7.88. The molecule has 1 aliphatic carbocycles. The number of aliphatic hydroxyl groups is 1. The van der Waals surface area contributed by atoms with Crippen LogP contribution in [0.1, 0.15) is 19.8 Å². The lowest BCUT2D eigenvalue weighted by atomic mass is 9.94. The Kier molecular flexibility index (Phi) is 6.22. The van der Waals surface area contributed by atoms with Crippen molar-refractivity contribution in [1.29, 1.82) is 0 Å². The van der Waals surface area contributed by atoms with Crippen LogP contribution in [0.2, 0.25) is 0 Å². The normalized spacial score (nSPS) is 27.0. The molecule has 3 atom stereocenters. The lowest BCUT2D eigenvalue weighted by molar-refractivity contribution is -0.148. The van der Waals surface area contributed by atoms with E-state index in [1.807, 2.05) is 0 Å². The molecule has 1 spiro atoms. The van der Waals surface area contributed by atoms with Crippen molar-refractivity contribution in [3.05, 3.63) is 41.5 Å². The van der Waals surface area contributed by atoms with E-state index in [0.717, 1.165) is 12.1 Å². The van der Waals surface area contributed by atoms with Gasteiger partial charge in [0, 0.05) is 12.5 Å². The fraction of sp³-hybridized carbons (Fsp3) is 0.500. The number of esters is 1. The van der Waals surface area contributed by atoms with Gasteiger partial charge in [0.2, 0.25) is 10.0 Å². The second-order valence-corrected chi connectivity index (χ2v) is 8.53. The summed E-state index contributed by atoms with van der Waals surface area (Å²) < 4.78 is 71.0. The van der Waals surface area contributed by atoms with Gasteiger partial charge in [-0.3, -0.25) is 4.72 Å². The molecule has 2 aliphatic rings. The average molecular weight is 433 g/mol. The predicted octanol–water partition coefficient (Wildman–Crippen LogP) is 1.46. The Labute approximate surface area is 166 Å². The maximum atomic E-state index is 13.9. The summed E-state index contributed by atoms with van der Waals surface area (Å²) in [6.45, 7) is 1.37. The summed E-state index contributed by atoms with van der Waals surface area (Å²) >= 11 is 0. The molecule has 0 saturated carbocycles. The highest BCUT2D eigenvalue weighted by atomic mass is 32.2. The van der Waals surface area contributed by atoms with Crippen LogP contribution in [0.5, 0.6) is 0 Å². The molecule has 0 bridgehead atoms. The van der Waals surface area contributed by atoms with E-state index in [9.17, 15) is 27.1 Å². The van der Waals surface area contributed by atoms with Gasteiger partial charge in [0.15, 0.2) is 5.79 Å². The Hall–Kier alpha value is -2.08. The minimum absolute atomic E-state index is 0.0109. The van der Waals surface area contributed by atoms with Crippen molar-refractivity contribution in [2.24, 2.45) is 0 Å². The third-order valence-corrected chi connectivity index (χ3v) is 6.37. The van der Waals surface area contributed by atoms with Gasteiger partial charge < -0.3 is 19.3 Å². The lowest BCUT2D eigenvalue weighted by Gasteiger charge is -2.33. The van der Waals surface area contributed by atoms with Crippen LogP contribution in [0.25, 0.3) is 0 Å². The lowest BCUT2D eigenvalue weighted by Crippen LogP contribution is -2.42. The largest absolute Gasteiger partial charge is 0.463 e. The number of carbonyl (C=O) groups is 1. The Morgan fingerprint density at radius 2 is 2.17 bits per heavy atom. The number of rotatable bonds is 6. The number of benzene rings is 1. The van der Waals surface area contributed by atoms with E-state index in [1.165, 1.54) is 6.08 Å². The van der Waals surface area contributed by atoms with E-state index in [4.69, 9.17) is 14.2 Å². The number of sulfonamides is 1. The summed E-state index contributed by atoms with van der Waals surface area (Å²) in [5.74, 6) is -4.16. The van der Waals surface area contributed by atoms with E-state index in [2.05, 4.69) is 4.72 Å². The standard InChI is InChI=1S/C18H21F2NO7S/c1-2-26-17(23)13-8-18(27-10-12(9-22)28-18)6-5-16(13)29(24,25)21-15-4-3-11(19)7-14(15)20/h3-4,7-8,12,16,21-22H,2,5-6,9-10H2,1H3. The minimum atomic E-state index is -4.29. The van der Waals surface area contributed by atoms with Crippen LogP contribution >= 0.6 is 0 Å². The first kappa shape index (κ1) is 21.6. The van der Waals surface area contributed by atoms with E-state index in [1.54, 1.807) is 6.92 Å². The smallest absolute Gasteiger partial charge is 0.335 e. The van der Waals surface area contributed by atoms with Gasteiger partial charge in [0.1, 0.15) is 23.0 Å². The maximum Gasteiger partial charge on any atom is 0.335 e. The van der Waals surface area contributed by atoms with Gasteiger partial charge in [-0.25, -0.2) is 22.0 Å². The van der Waals surface area contributed by atoms with Crippen LogP contribution in [0.4, 0.5) is 14.5 Å². The van der Waals surface area contributed by atoms with Crippen molar-refractivity contribution in [3.63, 3.8) is 0 Å². The van der Waals surface area contributed by atoms with Crippen LogP contribution < -0.4 is 4.72 Å². The Balaban J connectivity index is 1.93. The van der Waals surface area contributed by atoms with Crippen molar-refractivity contribution in [3.8, 4) is 0 Å². The van der Waals surface area contributed by atoms with E-state index < -0.39 is 50.5 Å². The molecule has 29 heavy (non-hydrogen) atoms. The maximum absolute atomic E-state index is 13.9. The molecule has 0 radical (unpaired) electrons. The van der Waals surface area contributed by atoms with Gasteiger partial charge in [-0.1, -0.05) is 0 Å². The minimum Gasteiger partial charge on any atom is -0.463 e. The van der Waals surface area contributed by atoms with Gasteiger partial charge in [0.25, 0.3) is 0 Å². The van der Waals surface area contributed by atoms with Crippen LogP contribution in [0.3, 0.4) is 0 Å². The molecule has 1 aliphatic heterocycles. The molecule has 0 aromatic heterocycles. The van der Waals surface area contributed by atoms with Crippen molar-refractivity contribution in [1.82, 2.24) is 0 Å². The van der Waals surface area contributed by atoms with Gasteiger partial charge in [-0.2, -0.15) is 0 Å². The zero-order chi connectivity index (χ0) is 21.2. The van der Waals surface area contributed by atoms with Crippen LogP contribution in [0.15, 0.2) is 29.8 Å². The van der Waals surface area contributed by atoms with E-state index in [0.29, 0.717) is 6.07 Å². The highest BCUT2D eigenvalue weighted by Gasteiger charge is 2.48. The first-order valence-electron chi connectivity index (χ1n) is 8.99. The summed E-state index contributed by atoms with van der Waals surface area (Å²) in [6, 6.07) is 2.41. The van der Waals surface area contributed by atoms with Gasteiger partial charge in [-0.05, 0) is 31.6 Å². The molecule has 3 unspecified atom stereocenters. The summed E-state index contributed by atoms with van der Waals surface area (Å²) in [7, 11) is -4.29. The topological polar surface area (TPSA) is 111 Å². The fourth-order valence-electron chi connectivity index (χ4n) is 3.29. The zero-order valence-electron chi connectivity index (χ0n) is 15.6. The number of carbonyl (C=O) groups excluding carboxylic acids is 1. The van der Waals surface area contributed by atoms with E-state index >= 15 is 0 Å². The first-order chi connectivity index (χ1) is 13.7. The number of aliphatic hydroxyl groups excluding tert-OH is 1.